The summed E-state index contributed by atoms with van der Waals surface area (Å²) in [6, 6.07) is 11.6. The number of carbonyl (C=O) groups is 3. The minimum Gasteiger partial charge on any atom is -0.476 e. The maximum atomic E-state index is 11.6. The third kappa shape index (κ3) is 21.7. The van der Waals surface area contributed by atoms with Gasteiger partial charge in [0.25, 0.3) is 11.9 Å². The average Bonchev–Trinajstić information content (AvgIpc) is 2.92. The van der Waals surface area contributed by atoms with Crippen molar-refractivity contribution < 1.29 is 59.3 Å². The average molecular weight is 731 g/mol. The second-order valence-corrected chi connectivity index (χ2v) is 12.9. The smallest absolute Gasteiger partial charge is 0.403 e. The number of aliphatic carboxylic acids is 1. The molecule has 0 aliphatic carbocycles. The van der Waals surface area contributed by atoms with Gasteiger partial charge in [-0.2, -0.15) is 16.8 Å². The molecule has 6 N–H and O–H groups in total. The Hall–Kier alpha value is -4.60. The van der Waals surface area contributed by atoms with Crippen LogP contribution in [0.25, 0.3) is 0 Å². The summed E-state index contributed by atoms with van der Waals surface area (Å²) in [6.45, 7) is 4.29. The summed E-state index contributed by atoms with van der Waals surface area (Å²) < 4.78 is 59.9. The molecule has 22 heteroatoms. The summed E-state index contributed by atoms with van der Waals surface area (Å²) in [4.78, 5) is 50.1. The van der Waals surface area contributed by atoms with Crippen LogP contribution < -0.4 is 20.3 Å². The molecule has 2 atom stereocenters. The van der Waals surface area contributed by atoms with Crippen LogP contribution in [0.2, 0.25) is 0 Å². The molecule has 0 radical (unpaired) electrons. The van der Waals surface area contributed by atoms with Gasteiger partial charge in [-0.05, 0) is 30.2 Å². The molecule has 264 valence electrons. The number of hydrogen-bond donors (Lipinski definition) is 3. The first kappa shape index (κ1) is 44.5. The number of nitrogens with zero attached hydrogens (tertiary/aromatic N) is 2. The van der Waals surface area contributed by atoms with E-state index >= 15 is 0 Å². The van der Waals surface area contributed by atoms with Crippen LogP contribution in [0.1, 0.15) is 26.7 Å². The molecule has 0 saturated heterocycles. The molecule has 47 heavy (non-hydrogen) atoms. The number of carboxylic acid groups (broad SMARTS) is 1. The van der Waals surface area contributed by atoms with Crippen LogP contribution in [0.3, 0.4) is 0 Å². The zero-order valence-electron chi connectivity index (χ0n) is 25.1. The summed E-state index contributed by atoms with van der Waals surface area (Å²) in [5.74, 6) is -3.76. The van der Waals surface area contributed by atoms with Gasteiger partial charge >= 0.3 is 37.7 Å². The lowest BCUT2D eigenvalue weighted by atomic mass is 10.2. The molecular formula is C25H35ClN4O15S2. The third-order valence-corrected chi connectivity index (χ3v) is 7.34. The number of hydrogen-bond acceptors (Lipinski definition) is 15. The highest BCUT2D eigenvalue weighted by Gasteiger charge is 2.32. The van der Waals surface area contributed by atoms with E-state index in [1.165, 1.54) is 24.3 Å². The maximum absolute atomic E-state index is 11.6. The van der Waals surface area contributed by atoms with E-state index in [9.17, 15) is 51.4 Å². The molecule has 0 heterocycles. The van der Waals surface area contributed by atoms with E-state index < -0.39 is 83.8 Å². The molecule has 2 rings (SSSR count). The van der Waals surface area contributed by atoms with Crippen molar-refractivity contribution in [1.29, 1.82) is 0 Å². The number of nitrogens with two attached hydrogens (primary N) is 1. The number of nitro groups is 2. The van der Waals surface area contributed by atoms with Crippen molar-refractivity contribution in [2.45, 2.75) is 38.8 Å². The number of carbonyl (C=O) groups excluding carboxylic acids is 2. The predicted molar refractivity (Wildman–Crippen MR) is 166 cm³/mol. The van der Waals surface area contributed by atoms with Crippen molar-refractivity contribution in [3.63, 3.8) is 0 Å². The third-order valence-electron chi connectivity index (χ3n) is 4.87. The number of para-hydroxylation sites is 2. The number of halogens is 1. The Morgan fingerprint density at radius 2 is 1.17 bits per heavy atom. The molecule has 2 aromatic carbocycles. The molecule has 0 aromatic heterocycles. The monoisotopic (exact) mass is 730 g/mol. The van der Waals surface area contributed by atoms with Gasteiger partial charge < -0.3 is 30.1 Å². The zero-order valence-corrected chi connectivity index (χ0v) is 27.5. The second kappa shape index (κ2) is 22.0. The van der Waals surface area contributed by atoms with E-state index in [0.29, 0.717) is 12.5 Å². The van der Waals surface area contributed by atoms with E-state index in [1.54, 1.807) is 36.4 Å². The van der Waals surface area contributed by atoms with E-state index in [-0.39, 0.29) is 17.6 Å². The van der Waals surface area contributed by atoms with E-state index in [2.05, 4.69) is 8.92 Å². The fourth-order valence-corrected chi connectivity index (χ4v) is 4.81. The highest BCUT2D eigenvalue weighted by molar-refractivity contribution is 7.87. The van der Waals surface area contributed by atoms with Crippen LogP contribution in [-0.2, 0) is 34.6 Å². The molecule has 0 saturated carbocycles. The highest BCUT2D eigenvalue weighted by Crippen LogP contribution is 2.14. The topological polar surface area (TPSA) is 315 Å². The highest BCUT2D eigenvalue weighted by atomic mass is 35.5. The Kier molecular flexibility index (Phi) is 20.9. The first-order chi connectivity index (χ1) is 21.3. The Morgan fingerprint density at radius 1 is 0.809 bits per heavy atom. The van der Waals surface area contributed by atoms with Crippen molar-refractivity contribution >= 4 is 49.1 Å². The number of benzene rings is 2. The van der Waals surface area contributed by atoms with Crippen molar-refractivity contribution in [3.05, 3.63) is 80.9 Å². The van der Waals surface area contributed by atoms with Gasteiger partial charge in [0.05, 0.1) is 18.1 Å². The predicted octanol–water partition coefficient (Wildman–Crippen LogP) is 2.61. The molecule has 2 unspecified atom stereocenters. The molecule has 2 aromatic rings. The Bertz CT molecular complexity index is 1380. The van der Waals surface area contributed by atoms with Gasteiger partial charge in [0.1, 0.15) is 11.5 Å². The second-order valence-electron chi connectivity index (χ2n) is 9.18. The van der Waals surface area contributed by atoms with Crippen molar-refractivity contribution in [3.8, 4) is 11.5 Å². The Morgan fingerprint density at radius 3 is 1.43 bits per heavy atom. The van der Waals surface area contributed by atoms with E-state index in [0.717, 1.165) is 0 Å². The van der Waals surface area contributed by atoms with Crippen LogP contribution in [0.15, 0.2) is 60.7 Å². The lowest BCUT2D eigenvalue weighted by molar-refractivity contribution is -0.510. The summed E-state index contributed by atoms with van der Waals surface area (Å²) in [5.41, 5.74) is 4.08. The minimum atomic E-state index is -4.06. The van der Waals surface area contributed by atoms with E-state index in [4.69, 9.17) is 26.6 Å². The van der Waals surface area contributed by atoms with Crippen molar-refractivity contribution in [2.75, 3.05) is 18.1 Å². The Labute approximate surface area is 275 Å². The lowest BCUT2D eigenvalue weighted by Crippen LogP contribution is -2.37. The zero-order chi connectivity index (χ0) is 35.5. The molecule has 0 spiro atoms. The lowest BCUT2D eigenvalue weighted by Gasteiger charge is -2.08. The normalized spacial score (nSPS) is 11.8. The molecule has 19 nitrogen and oxygen atoms in total. The van der Waals surface area contributed by atoms with Crippen LogP contribution in [0, 0.1) is 26.1 Å². The van der Waals surface area contributed by atoms with Crippen molar-refractivity contribution in [1.82, 2.24) is 6.15 Å². The maximum Gasteiger partial charge on any atom is 0.403 e. The molecular weight excluding hydrogens is 696 g/mol. The fraction of sp³-hybridized carbons (Fsp3) is 0.400. The molecule has 0 bridgehead atoms. The molecule has 1 amide bonds. The van der Waals surface area contributed by atoms with Crippen molar-refractivity contribution in [2.24, 2.45) is 11.7 Å². The SMILES string of the molecule is CC(C)COC(=O)Cl.N.NC(=O)C(CCS(=O)(=O)Oc1ccccc1)[N+](=O)[O-].O=C(O)C(CCS(=O)(=O)Oc1ccccc1)[N+](=O)[O-]. The van der Waals surface area contributed by atoms with Crippen LogP contribution >= 0.6 is 11.6 Å². The number of amides is 1. The first-order valence-corrected chi connectivity index (χ1v) is 16.3. The number of ether oxygens (including phenoxy) is 1. The minimum absolute atomic E-state index is 0. The standard InChI is InChI=1S/C10H12N2O6S.C10H11NO7S.C5H9ClO2.H3N/c11-10(13)9(12(14)15)6-7-19(16,17)18-8-4-2-1-3-5-8;12-10(13)9(11(14)15)6-7-19(16,17)18-8-4-2-1-3-5-8;1-4(2)3-8-5(6)7;/h1-5,9H,6-7H2,(H2,11,13);1-5,9H,6-7H2,(H,12,13);4H,3H2,1-2H3;1H3. The summed E-state index contributed by atoms with van der Waals surface area (Å²) in [6.07, 6.45) is -1.19. The van der Waals surface area contributed by atoms with Crippen LogP contribution in [0.4, 0.5) is 4.79 Å². The molecule has 0 aliphatic heterocycles. The van der Waals surface area contributed by atoms with E-state index in [1.807, 2.05) is 13.8 Å². The van der Waals surface area contributed by atoms with Crippen LogP contribution in [-0.4, -0.2) is 79.3 Å². The van der Waals surface area contributed by atoms with Gasteiger partial charge in [-0.15, -0.1) is 0 Å². The van der Waals surface area contributed by atoms with Gasteiger partial charge in [-0.3, -0.25) is 25.0 Å². The molecule has 0 aliphatic rings. The summed E-state index contributed by atoms with van der Waals surface area (Å²) >= 11 is 4.86. The number of rotatable bonds is 16. The number of carboxylic acids is 1. The number of primary amides is 1. The van der Waals surface area contributed by atoms with Crippen LogP contribution in [0.5, 0.6) is 11.5 Å². The van der Waals surface area contributed by atoms with Gasteiger partial charge in [-0.1, -0.05) is 50.2 Å². The first-order valence-electron chi connectivity index (χ1n) is 12.8. The van der Waals surface area contributed by atoms with Gasteiger partial charge in [0.2, 0.25) is 0 Å². The molecule has 0 fully saturated rings. The van der Waals surface area contributed by atoms with Gasteiger partial charge in [-0.25, -0.2) is 9.59 Å². The largest absolute Gasteiger partial charge is 0.476 e. The summed E-state index contributed by atoms with van der Waals surface area (Å²) in [5, 5.41) is 29.4. The Balaban J connectivity index is 0. The quantitative estimate of drug-likeness (QED) is 0.0966. The van der Waals surface area contributed by atoms with Gasteiger partial charge in [0, 0.05) is 34.3 Å². The summed E-state index contributed by atoms with van der Waals surface area (Å²) in [7, 11) is -8.07. The fourth-order valence-electron chi connectivity index (χ4n) is 2.74. The van der Waals surface area contributed by atoms with Gasteiger partial charge in [0.15, 0.2) is 0 Å².